The lowest BCUT2D eigenvalue weighted by Crippen LogP contribution is -2.25. The van der Waals surface area contributed by atoms with Crippen LogP contribution in [0.2, 0.25) is 0 Å². The summed E-state index contributed by atoms with van der Waals surface area (Å²) in [6.07, 6.45) is 3.31. The fourth-order valence-electron chi connectivity index (χ4n) is 1.96. The number of carbonyl (C=O) groups is 1. The third-order valence-corrected chi connectivity index (χ3v) is 3.07. The van der Waals surface area contributed by atoms with E-state index in [9.17, 15) is 4.79 Å². The van der Waals surface area contributed by atoms with Crippen LogP contribution in [0, 0.1) is 13.8 Å². The summed E-state index contributed by atoms with van der Waals surface area (Å²) in [7, 11) is 0. The fourth-order valence-corrected chi connectivity index (χ4v) is 1.96. The maximum atomic E-state index is 11.6. The number of rotatable bonds is 7. The molecule has 100 valence electrons. The number of aryl methyl sites for hydroxylation is 3. The van der Waals surface area contributed by atoms with Crippen LogP contribution < -0.4 is 11.1 Å². The first-order chi connectivity index (χ1) is 8.63. The number of unbranched alkanes of at least 4 members (excludes halogenated alkanes) is 1. The highest BCUT2D eigenvalue weighted by molar-refractivity contribution is 5.76. The Hall–Kier alpha value is -1.35. The summed E-state index contributed by atoms with van der Waals surface area (Å²) in [6, 6.07) is 6.38. The average molecular weight is 248 g/mol. The molecule has 0 aliphatic heterocycles. The summed E-state index contributed by atoms with van der Waals surface area (Å²) in [4.78, 5) is 11.6. The van der Waals surface area contributed by atoms with Crippen molar-refractivity contribution in [2.24, 2.45) is 5.73 Å². The first kappa shape index (κ1) is 14.7. The highest BCUT2D eigenvalue weighted by Gasteiger charge is 2.03. The van der Waals surface area contributed by atoms with Gasteiger partial charge in [0.2, 0.25) is 5.91 Å². The molecule has 0 aliphatic rings. The van der Waals surface area contributed by atoms with E-state index >= 15 is 0 Å². The SMILES string of the molecule is Cc1ccc(CCC(=O)NCCCCN)c(C)c1. The predicted octanol–water partition coefficient (Wildman–Crippen LogP) is 2.09. The van der Waals surface area contributed by atoms with Crippen LogP contribution in [0.25, 0.3) is 0 Å². The van der Waals surface area contributed by atoms with Crippen molar-refractivity contribution in [1.82, 2.24) is 5.32 Å². The Balaban J connectivity index is 2.29. The Morgan fingerprint density at radius 2 is 2.06 bits per heavy atom. The molecule has 0 atom stereocenters. The van der Waals surface area contributed by atoms with Gasteiger partial charge in [-0.1, -0.05) is 23.8 Å². The highest BCUT2D eigenvalue weighted by Crippen LogP contribution is 2.12. The van der Waals surface area contributed by atoms with Crippen LogP contribution in [0.1, 0.15) is 36.0 Å². The lowest BCUT2D eigenvalue weighted by atomic mass is 10.0. The van der Waals surface area contributed by atoms with Crippen LogP contribution in [0.4, 0.5) is 0 Å². The molecule has 1 aromatic carbocycles. The number of amides is 1. The minimum Gasteiger partial charge on any atom is -0.356 e. The summed E-state index contributed by atoms with van der Waals surface area (Å²) in [5.74, 6) is 0.131. The molecule has 0 spiro atoms. The van der Waals surface area contributed by atoms with Crippen molar-refractivity contribution in [3.8, 4) is 0 Å². The lowest BCUT2D eigenvalue weighted by molar-refractivity contribution is -0.121. The first-order valence-electron chi connectivity index (χ1n) is 6.66. The summed E-state index contributed by atoms with van der Waals surface area (Å²) in [5.41, 5.74) is 9.19. The first-order valence-corrected chi connectivity index (χ1v) is 6.66. The summed E-state index contributed by atoms with van der Waals surface area (Å²) in [6.45, 7) is 5.61. The van der Waals surface area contributed by atoms with Crippen molar-refractivity contribution in [3.63, 3.8) is 0 Å². The Morgan fingerprint density at radius 1 is 1.28 bits per heavy atom. The van der Waals surface area contributed by atoms with E-state index in [2.05, 4.69) is 37.4 Å². The molecule has 0 aromatic heterocycles. The second-order valence-electron chi connectivity index (χ2n) is 4.78. The zero-order chi connectivity index (χ0) is 13.4. The van der Waals surface area contributed by atoms with Crippen LogP contribution in [-0.2, 0) is 11.2 Å². The molecule has 1 aromatic rings. The van der Waals surface area contributed by atoms with Gasteiger partial charge in [-0.25, -0.2) is 0 Å². The molecule has 3 N–H and O–H groups in total. The van der Waals surface area contributed by atoms with E-state index in [-0.39, 0.29) is 5.91 Å². The number of hydrogen-bond acceptors (Lipinski definition) is 2. The zero-order valence-electron chi connectivity index (χ0n) is 11.5. The van der Waals surface area contributed by atoms with Gasteiger partial charge in [-0.15, -0.1) is 0 Å². The number of hydrogen-bond donors (Lipinski definition) is 2. The van der Waals surface area contributed by atoms with Crippen LogP contribution in [0.15, 0.2) is 18.2 Å². The minimum atomic E-state index is 0.131. The topological polar surface area (TPSA) is 55.1 Å². The Morgan fingerprint density at radius 3 is 2.72 bits per heavy atom. The highest BCUT2D eigenvalue weighted by atomic mass is 16.1. The number of nitrogens with two attached hydrogens (primary N) is 1. The van der Waals surface area contributed by atoms with Gasteiger partial charge in [-0.2, -0.15) is 0 Å². The molecule has 0 fully saturated rings. The van der Waals surface area contributed by atoms with Crippen LogP contribution in [0.3, 0.4) is 0 Å². The van der Waals surface area contributed by atoms with Crippen LogP contribution in [-0.4, -0.2) is 19.0 Å². The van der Waals surface area contributed by atoms with Crippen molar-refractivity contribution in [1.29, 1.82) is 0 Å². The molecule has 0 saturated heterocycles. The maximum absolute atomic E-state index is 11.6. The predicted molar refractivity (Wildman–Crippen MR) is 75.5 cm³/mol. The van der Waals surface area contributed by atoms with Gasteiger partial charge in [-0.3, -0.25) is 4.79 Å². The Bertz CT molecular complexity index is 388. The third kappa shape index (κ3) is 5.32. The summed E-state index contributed by atoms with van der Waals surface area (Å²) < 4.78 is 0. The second kappa shape index (κ2) is 7.88. The van der Waals surface area contributed by atoms with Gasteiger partial charge < -0.3 is 11.1 Å². The molecule has 0 saturated carbocycles. The number of benzene rings is 1. The van der Waals surface area contributed by atoms with E-state index in [1.807, 2.05) is 0 Å². The van der Waals surface area contributed by atoms with Crippen LogP contribution in [0.5, 0.6) is 0 Å². The monoisotopic (exact) mass is 248 g/mol. The Kier molecular flexibility index (Phi) is 6.44. The van der Waals surface area contributed by atoms with Crippen molar-refractivity contribution in [2.45, 2.75) is 39.5 Å². The van der Waals surface area contributed by atoms with E-state index < -0.39 is 0 Å². The van der Waals surface area contributed by atoms with Gasteiger partial charge in [0, 0.05) is 13.0 Å². The molecule has 1 rings (SSSR count). The maximum Gasteiger partial charge on any atom is 0.220 e. The fraction of sp³-hybridized carbons (Fsp3) is 0.533. The van der Waals surface area contributed by atoms with Crippen LogP contribution >= 0.6 is 0 Å². The van der Waals surface area contributed by atoms with Gasteiger partial charge in [0.15, 0.2) is 0 Å². The molecule has 3 heteroatoms. The van der Waals surface area contributed by atoms with Gasteiger partial charge in [0.1, 0.15) is 0 Å². The molecule has 1 amide bonds. The van der Waals surface area contributed by atoms with E-state index in [4.69, 9.17) is 5.73 Å². The number of nitrogens with one attached hydrogen (secondary N) is 1. The Labute approximate surface area is 110 Å². The molecule has 18 heavy (non-hydrogen) atoms. The van der Waals surface area contributed by atoms with Crippen molar-refractivity contribution >= 4 is 5.91 Å². The smallest absolute Gasteiger partial charge is 0.220 e. The summed E-state index contributed by atoms with van der Waals surface area (Å²) in [5, 5.41) is 2.92. The van der Waals surface area contributed by atoms with Crippen molar-refractivity contribution < 1.29 is 4.79 Å². The minimum absolute atomic E-state index is 0.131. The summed E-state index contributed by atoms with van der Waals surface area (Å²) >= 11 is 0. The van der Waals surface area contributed by atoms with E-state index in [1.165, 1.54) is 16.7 Å². The standard InChI is InChI=1S/C15H24N2O/c1-12-5-6-14(13(2)11-12)7-8-15(18)17-10-4-3-9-16/h5-6,11H,3-4,7-10,16H2,1-2H3,(H,17,18). The van der Waals surface area contributed by atoms with Gasteiger partial charge in [0.25, 0.3) is 0 Å². The zero-order valence-corrected chi connectivity index (χ0v) is 11.5. The van der Waals surface area contributed by atoms with Crippen molar-refractivity contribution in [3.05, 3.63) is 34.9 Å². The molecule has 0 heterocycles. The molecule has 3 nitrogen and oxygen atoms in total. The average Bonchev–Trinajstić information content (AvgIpc) is 2.33. The molecule has 0 unspecified atom stereocenters. The molecule has 0 radical (unpaired) electrons. The molecular formula is C15H24N2O. The molecular weight excluding hydrogens is 224 g/mol. The van der Waals surface area contributed by atoms with E-state index in [0.29, 0.717) is 13.0 Å². The lowest BCUT2D eigenvalue weighted by Gasteiger charge is -2.07. The van der Waals surface area contributed by atoms with Crippen molar-refractivity contribution in [2.75, 3.05) is 13.1 Å². The van der Waals surface area contributed by atoms with Gasteiger partial charge >= 0.3 is 0 Å². The largest absolute Gasteiger partial charge is 0.356 e. The third-order valence-electron chi connectivity index (χ3n) is 3.07. The molecule has 0 aliphatic carbocycles. The van der Waals surface area contributed by atoms with Gasteiger partial charge in [0.05, 0.1) is 0 Å². The normalized spacial score (nSPS) is 10.4. The van der Waals surface area contributed by atoms with E-state index in [0.717, 1.165) is 25.8 Å². The van der Waals surface area contributed by atoms with Gasteiger partial charge in [-0.05, 0) is 50.8 Å². The molecule has 0 bridgehead atoms. The number of carbonyl (C=O) groups excluding carboxylic acids is 1. The second-order valence-corrected chi connectivity index (χ2v) is 4.78. The van der Waals surface area contributed by atoms with E-state index in [1.54, 1.807) is 0 Å². The quantitative estimate of drug-likeness (QED) is 0.726.